The minimum absolute atomic E-state index is 0.119. The van der Waals surface area contributed by atoms with Gasteiger partial charge in [-0.05, 0) is 36.8 Å². The number of aromatic nitrogens is 1. The lowest BCUT2D eigenvalue weighted by atomic mass is 9.83. The lowest BCUT2D eigenvalue weighted by Crippen LogP contribution is -2.32. The largest absolute Gasteiger partial charge is 0.508 e. The Morgan fingerprint density at radius 3 is 2.34 bits per heavy atom. The van der Waals surface area contributed by atoms with E-state index in [0.717, 1.165) is 27.3 Å². The van der Waals surface area contributed by atoms with Crippen LogP contribution in [-0.2, 0) is 9.59 Å². The highest BCUT2D eigenvalue weighted by atomic mass is 32.2. The number of anilines is 1. The minimum atomic E-state index is -0.614. The molecule has 3 aromatic rings. The van der Waals surface area contributed by atoms with Crippen LogP contribution >= 0.6 is 23.1 Å². The Bertz CT molecular complexity index is 1180. The average Bonchev–Trinajstić information content (AvgIpc) is 3.19. The molecule has 2 N–H and O–H groups in total. The fraction of sp³-hybridized carbons (Fsp3) is 0.190. The van der Waals surface area contributed by atoms with E-state index in [1.54, 1.807) is 36.4 Å². The summed E-state index contributed by atoms with van der Waals surface area (Å²) in [6, 6.07) is 13.9. The van der Waals surface area contributed by atoms with Crippen molar-refractivity contribution in [2.75, 3.05) is 4.90 Å². The van der Waals surface area contributed by atoms with E-state index in [1.165, 1.54) is 16.7 Å². The van der Waals surface area contributed by atoms with Crippen LogP contribution < -0.4 is 9.77 Å². The highest BCUT2D eigenvalue weighted by molar-refractivity contribution is 8.00. The SMILES string of the molecule is Cc1ccc(N2C(=O)C3Sc4[nH]c(=O)sc4[C@H](c4ccc(O)cc4)C3C2=O)cc1. The number of nitrogens with one attached hydrogen (secondary N) is 1. The molecule has 0 radical (unpaired) electrons. The van der Waals surface area contributed by atoms with E-state index in [9.17, 15) is 19.5 Å². The van der Waals surface area contributed by atoms with Crippen molar-refractivity contribution in [1.29, 1.82) is 0 Å². The van der Waals surface area contributed by atoms with Crippen LogP contribution in [-0.4, -0.2) is 27.2 Å². The van der Waals surface area contributed by atoms with Crippen LogP contribution in [0.3, 0.4) is 0 Å². The maximum absolute atomic E-state index is 13.5. The fourth-order valence-corrected chi connectivity index (χ4v) is 6.52. The first-order valence-electron chi connectivity index (χ1n) is 9.07. The second kappa shape index (κ2) is 6.60. The number of carbonyl (C=O) groups is 2. The number of phenolic OH excluding ortho intramolecular Hbond substituents is 1. The number of aromatic hydroxyl groups is 1. The first-order chi connectivity index (χ1) is 13.9. The van der Waals surface area contributed by atoms with Crippen LogP contribution in [0.25, 0.3) is 0 Å². The van der Waals surface area contributed by atoms with Gasteiger partial charge in [-0.2, -0.15) is 0 Å². The first kappa shape index (κ1) is 18.2. The Morgan fingerprint density at radius 1 is 0.966 bits per heavy atom. The Labute approximate surface area is 174 Å². The summed E-state index contributed by atoms with van der Waals surface area (Å²) in [7, 11) is 0. The predicted molar refractivity (Wildman–Crippen MR) is 112 cm³/mol. The van der Waals surface area contributed by atoms with Crippen molar-refractivity contribution in [3.63, 3.8) is 0 Å². The molecular weight excluding hydrogens is 408 g/mol. The molecule has 3 atom stereocenters. The number of thiazole rings is 1. The Balaban J connectivity index is 1.64. The average molecular weight is 425 g/mol. The topological polar surface area (TPSA) is 90.5 Å². The number of phenols is 1. The summed E-state index contributed by atoms with van der Waals surface area (Å²) in [6.07, 6.45) is 0. The number of thioether (sulfide) groups is 1. The van der Waals surface area contributed by atoms with Gasteiger partial charge in [0.05, 0.1) is 16.6 Å². The van der Waals surface area contributed by atoms with E-state index in [1.807, 2.05) is 19.1 Å². The van der Waals surface area contributed by atoms with Crippen LogP contribution in [0.1, 0.15) is 21.9 Å². The number of H-pyrrole nitrogens is 1. The van der Waals surface area contributed by atoms with Gasteiger partial charge in [-0.15, -0.1) is 0 Å². The smallest absolute Gasteiger partial charge is 0.305 e. The van der Waals surface area contributed by atoms with Crippen molar-refractivity contribution in [2.45, 2.75) is 23.1 Å². The number of benzene rings is 2. The molecule has 0 spiro atoms. The molecule has 1 fully saturated rings. The molecular formula is C21H16N2O4S2. The number of imide groups is 1. The lowest BCUT2D eigenvalue weighted by molar-refractivity contribution is -0.122. The van der Waals surface area contributed by atoms with E-state index in [-0.39, 0.29) is 22.4 Å². The summed E-state index contributed by atoms with van der Waals surface area (Å²) >= 11 is 2.33. The maximum Gasteiger partial charge on any atom is 0.305 e. The molecule has 2 unspecified atom stereocenters. The van der Waals surface area contributed by atoms with Gasteiger partial charge >= 0.3 is 4.87 Å². The molecule has 29 heavy (non-hydrogen) atoms. The zero-order chi connectivity index (χ0) is 20.3. The second-order valence-electron chi connectivity index (χ2n) is 7.19. The lowest BCUT2D eigenvalue weighted by Gasteiger charge is -2.29. The monoisotopic (exact) mass is 424 g/mol. The molecule has 2 aliphatic heterocycles. The van der Waals surface area contributed by atoms with Crippen LogP contribution in [0.2, 0.25) is 0 Å². The van der Waals surface area contributed by atoms with E-state index in [2.05, 4.69) is 4.98 Å². The van der Waals surface area contributed by atoms with Gasteiger partial charge in [-0.25, -0.2) is 4.90 Å². The molecule has 2 aliphatic rings. The van der Waals surface area contributed by atoms with Gasteiger partial charge < -0.3 is 10.1 Å². The van der Waals surface area contributed by atoms with Gasteiger partial charge in [0, 0.05) is 10.8 Å². The number of hydrogen-bond donors (Lipinski definition) is 2. The summed E-state index contributed by atoms with van der Waals surface area (Å²) in [4.78, 5) is 43.4. The quantitative estimate of drug-likeness (QED) is 0.617. The first-order valence-corrected chi connectivity index (χ1v) is 10.8. The Morgan fingerprint density at radius 2 is 1.66 bits per heavy atom. The fourth-order valence-electron chi connectivity index (χ4n) is 4.01. The van der Waals surface area contributed by atoms with Crippen LogP contribution in [0.15, 0.2) is 58.4 Å². The number of carbonyl (C=O) groups excluding carboxylic acids is 2. The third kappa shape index (κ3) is 2.82. The summed E-state index contributed by atoms with van der Waals surface area (Å²) in [5, 5.41) is 9.70. The van der Waals surface area contributed by atoms with Crippen LogP contribution in [0, 0.1) is 12.8 Å². The minimum Gasteiger partial charge on any atom is -0.508 e. The molecule has 6 nitrogen and oxygen atoms in total. The number of nitrogens with zero attached hydrogens (tertiary/aromatic N) is 1. The van der Waals surface area contributed by atoms with Crippen molar-refractivity contribution in [1.82, 2.24) is 4.98 Å². The maximum atomic E-state index is 13.5. The van der Waals surface area contributed by atoms with Gasteiger partial charge in [-0.3, -0.25) is 14.4 Å². The zero-order valence-electron chi connectivity index (χ0n) is 15.3. The molecule has 0 aliphatic carbocycles. The molecule has 1 saturated heterocycles. The molecule has 5 rings (SSSR count). The van der Waals surface area contributed by atoms with E-state index >= 15 is 0 Å². The Hall–Kier alpha value is -2.84. The van der Waals surface area contributed by atoms with Crippen molar-refractivity contribution in [3.05, 3.63) is 74.2 Å². The molecule has 146 valence electrons. The Kier molecular flexibility index (Phi) is 4.15. The van der Waals surface area contributed by atoms with Gasteiger partial charge in [0.2, 0.25) is 11.8 Å². The van der Waals surface area contributed by atoms with E-state index in [0.29, 0.717) is 10.7 Å². The van der Waals surface area contributed by atoms with Gasteiger partial charge in [-0.1, -0.05) is 52.9 Å². The van der Waals surface area contributed by atoms with Gasteiger partial charge in [0.1, 0.15) is 11.0 Å². The number of aryl methyl sites for hydroxylation is 1. The normalized spacial score (nSPS) is 23.2. The summed E-state index contributed by atoms with van der Waals surface area (Å²) in [6.45, 7) is 1.95. The molecule has 0 bridgehead atoms. The molecule has 2 aromatic carbocycles. The van der Waals surface area contributed by atoms with E-state index < -0.39 is 17.1 Å². The van der Waals surface area contributed by atoms with Gasteiger partial charge in [0.25, 0.3) is 0 Å². The highest BCUT2D eigenvalue weighted by Crippen LogP contribution is 2.53. The number of aromatic amines is 1. The summed E-state index contributed by atoms with van der Waals surface area (Å²) < 4.78 is 0. The second-order valence-corrected chi connectivity index (χ2v) is 9.36. The van der Waals surface area contributed by atoms with Crippen molar-refractivity contribution in [2.24, 2.45) is 5.92 Å². The number of rotatable bonds is 2. The summed E-state index contributed by atoms with van der Waals surface area (Å²) in [5.41, 5.74) is 2.39. The van der Waals surface area contributed by atoms with E-state index in [4.69, 9.17) is 0 Å². The van der Waals surface area contributed by atoms with Crippen molar-refractivity contribution < 1.29 is 14.7 Å². The standard InChI is InChI=1S/C21H16N2O4S2/c1-10-2-6-12(7-3-10)23-19(25)15-14(11-4-8-13(24)9-5-11)16-18(22-21(27)29-16)28-17(15)20(23)26/h2-9,14-15,17,24H,1H3,(H,22,27)/t14-,15?,17?/m1/s1. The highest BCUT2D eigenvalue weighted by Gasteiger charge is 2.56. The molecule has 0 saturated carbocycles. The zero-order valence-corrected chi connectivity index (χ0v) is 16.9. The van der Waals surface area contributed by atoms with Crippen molar-refractivity contribution >= 4 is 40.6 Å². The number of fused-ring (bicyclic) bond motifs is 2. The third-order valence-electron chi connectivity index (χ3n) is 5.37. The number of amides is 2. The van der Waals surface area contributed by atoms with Crippen molar-refractivity contribution in [3.8, 4) is 5.75 Å². The van der Waals surface area contributed by atoms with Crippen LogP contribution in [0.5, 0.6) is 5.75 Å². The van der Waals surface area contributed by atoms with Crippen LogP contribution in [0.4, 0.5) is 5.69 Å². The number of hydrogen-bond acceptors (Lipinski definition) is 6. The molecule has 8 heteroatoms. The molecule has 3 heterocycles. The molecule has 2 amide bonds. The predicted octanol–water partition coefficient (Wildman–Crippen LogP) is 3.25. The van der Waals surface area contributed by atoms with Gasteiger partial charge in [0.15, 0.2) is 0 Å². The molecule has 1 aromatic heterocycles. The third-order valence-corrected chi connectivity index (χ3v) is 7.77. The summed E-state index contributed by atoms with van der Waals surface area (Å²) in [5.74, 6) is -1.45.